The molecule has 0 aromatic carbocycles. The molecule has 0 saturated heterocycles. The first-order valence-corrected chi connectivity index (χ1v) is 7.35. The average molecular weight is 289 g/mol. The first kappa shape index (κ1) is 15.3. The zero-order valence-electron chi connectivity index (χ0n) is 13.1. The van der Waals surface area contributed by atoms with Gasteiger partial charge in [-0.2, -0.15) is 0 Å². The van der Waals surface area contributed by atoms with E-state index in [1.165, 1.54) is 0 Å². The van der Waals surface area contributed by atoms with Gasteiger partial charge in [0.25, 0.3) is 0 Å². The van der Waals surface area contributed by atoms with E-state index in [0.29, 0.717) is 18.4 Å². The molecule has 21 heavy (non-hydrogen) atoms. The fourth-order valence-electron chi connectivity index (χ4n) is 2.11. The predicted octanol–water partition coefficient (Wildman–Crippen LogP) is 3.33. The number of oxazole rings is 1. The van der Waals surface area contributed by atoms with Crippen LogP contribution in [0.2, 0.25) is 0 Å². The standard InChI is InChI=1S/C15H23N5O/c1-5-6-16-14-13(10(2)3)15(20-9-19-14)18-8-12-17-7-11(4)21-12/h7,9-10H,5-6,8H2,1-4H3,(H2,16,18,19,20). The van der Waals surface area contributed by atoms with Crippen molar-refractivity contribution in [3.63, 3.8) is 0 Å². The minimum atomic E-state index is 0.319. The van der Waals surface area contributed by atoms with Crippen molar-refractivity contribution in [3.8, 4) is 0 Å². The lowest BCUT2D eigenvalue weighted by Crippen LogP contribution is -2.12. The Morgan fingerprint density at radius 3 is 2.43 bits per heavy atom. The van der Waals surface area contributed by atoms with Crippen LogP contribution in [0.15, 0.2) is 16.9 Å². The summed E-state index contributed by atoms with van der Waals surface area (Å²) in [5.41, 5.74) is 1.09. The minimum absolute atomic E-state index is 0.319. The molecule has 0 unspecified atom stereocenters. The molecule has 2 rings (SSSR count). The molecule has 0 atom stereocenters. The van der Waals surface area contributed by atoms with Crippen molar-refractivity contribution in [3.05, 3.63) is 29.7 Å². The highest BCUT2D eigenvalue weighted by Gasteiger charge is 2.15. The van der Waals surface area contributed by atoms with E-state index in [0.717, 1.165) is 35.9 Å². The SMILES string of the molecule is CCCNc1ncnc(NCc2ncc(C)o2)c1C(C)C. The van der Waals surface area contributed by atoms with E-state index in [4.69, 9.17) is 4.42 Å². The summed E-state index contributed by atoms with van der Waals surface area (Å²) < 4.78 is 5.47. The van der Waals surface area contributed by atoms with Crippen molar-refractivity contribution in [2.75, 3.05) is 17.2 Å². The van der Waals surface area contributed by atoms with Crippen LogP contribution in [0, 0.1) is 6.92 Å². The van der Waals surface area contributed by atoms with Gasteiger partial charge in [-0.25, -0.2) is 15.0 Å². The lowest BCUT2D eigenvalue weighted by atomic mass is 10.0. The number of nitrogens with one attached hydrogen (secondary N) is 2. The topological polar surface area (TPSA) is 75.9 Å². The van der Waals surface area contributed by atoms with E-state index in [2.05, 4.69) is 46.4 Å². The Bertz CT molecular complexity index is 579. The monoisotopic (exact) mass is 289 g/mol. The quantitative estimate of drug-likeness (QED) is 0.814. The Labute approximate surface area is 125 Å². The summed E-state index contributed by atoms with van der Waals surface area (Å²) >= 11 is 0. The van der Waals surface area contributed by atoms with Gasteiger partial charge in [-0.3, -0.25) is 0 Å². The molecule has 2 aromatic heterocycles. The van der Waals surface area contributed by atoms with E-state index in [1.54, 1.807) is 12.5 Å². The number of nitrogens with zero attached hydrogens (tertiary/aromatic N) is 3. The van der Waals surface area contributed by atoms with Crippen LogP contribution in [-0.4, -0.2) is 21.5 Å². The number of anilines is 2. The largest absolute Gasteiger partial charge is 0.444 e. The Morgan fingerprint density at radius 2 is 1.86 bits per heavy atom. The van der Waals surface area contributed by atoms with Crippen molar-refractivity contribution in [1.29, 1.82) is 0 Å². The molecule has 0 aliphatic rings. The van der Waals surface area contributed by atoms with Gasteiger partial charge in [0.1, 0.15) is 23.7 Å². The van der Waals surface area contributed by atoms with Gasteiger partial charge in [-0.05, 0) is 19.3 Å². The van der Waals surface area contributed by atoms with Gasteiger partial charge in [0.2, 0.25) is 5.89 Å². The summed E-state index contributed by atoms with van der Waals surface area (Å²) in [4.78, 5) is 12.9. The molecule has 6 nitrogen and oxygen atoms in total. The number of rotatable bonds is 7. The first-order chi connectivity index (χ1) is 10.1. The number of aromatic nitrogens is 3. The Morgan fingerprint density at radius 1 is 1.14 bits per heavy atom. The van der Waals surface area contributed by atoms with Crippen LogP contribution in [0.25, 0.3) is 0 Å². The summed E-state index contributed by atoms with van der Waals surface area (Å²) in [7, 11) is 0. The van der Waals surface area contributed by atoms with Crippen LogP contribution in [0.4, 0.5) is 11.6 Å². The highest BCUT2D eigenvalue weighted by Crippen LogP contribution is 2.28. The van der Waals surface area contributed by atoms with Crippen LogP contribution in [0.5, 0.6) is 0 Å². The van der Waals surface area contributed by atoms with Gasteiger partial charge in [0, 0.05) is 12.1 Å². The van der Waals surface area contributed by atoms with E-state index >= 15 is 0 Å². The zero-order valence-corrected chi connectivity index (χ0v) is 13.1. The van der Waals surface area contributed by atoms with E-state index in [1.807, 2.05) is 6.92 Å². The van der Waals surface area contributed by atoms with Gasteiger partial charge < -0.3 is 15.1 Å². The number of aryl methyl sites for hydroxylation is 1. The molecule has 6 heteroatoms. The summed E-state index contributed by atoms with van der Waals surface area (Å²) in [6.07, 6.45) is 4.35. The Kier molecular flexibility index (Phi) is 5.14. The third-order valence-corrected chi connectivity index (χ3v) is 3.08. The van der Waals surface area contributed by atoms with E-state index in [-0.39, 0.29) is 0 Å². The molecule has 0 spiro atoms. The highest BCUT2D eigenvalue weighted by molar-refractivity contribution is 5.58. The summed E-state index contributed by atoms with van der Waals surface area (Å²) in [5, 5.41) is 6.65. The third-order valence-electron chi connectivity index (χ3n) is 3.08. The fourth-order valence-corrected chi connectivity index (χ4v) is 2.11. The maximum Gasteiger partial charge on any atom is 0.213 e. The lowest BCUT2D eigenvalue weighted by Gasteiger charge is -2.17. The average Bonchev–Trinajstić information content (AvgIpc) is 2.88. The lowest BCUT2D eigenvalue weighted by molar-refractivity contribution is 0.478. The van der Waals surface area contributed by atoms with Crippen LogP contribution in [0.3, 0.4) is 0 Å². The molecule has 114 valence electrons. The molecule has 0 aliphatic carbocycles. The molecule has 2 aromatic rings. The predicted molar refractivity (Wildman–Crippen MR) is 83.5 cm³/mol. The Balaban J connectivity index is 2.17. The molecule has 0 amide bonds. The number of hydrogen-bond donors (Lipinski definition) is 2. The summed E-state index contributed by atoms with van der Waals surface area (Å²) in [6.45, 7) is 9.69. The maximum absolute atomic E-state index is 5.47. The van der Waals surface area contributed by atoms with Gasteiger partial charge in [-0.15, -0.1) is 0 Å². The summed E-state index contributed by atoms with van der Waals surface area (Å²) in [6, 6.07) is 0. The van der Waals surface area contributed by atoms with Crippen molar-refractivity contribution in [2.24, 2.45) is 0 Å². The molecule has 0 radical (unpaired) electrons. The van der Waals surface area contributed by atoms with Crippen LogP contribution in [0.1, 0.15) is 50.3 Å². The van der Waals surface area contributed by atoms with Crippen LogP contribution in [-0.2, 0) is 6.54 Å². The molecule has 0 fully saturated rings. The second-order valence-electron chi connectivity index (χ2n) is 5.28. The first-order valence-electron chi connectivity index (χ1n) is 7.35. The van der Waals surface area contributed by atoms with E-state index < -0.39 is 0 Å². The maximum atomic E-state index is 5.47. The summed E-state index contributed by atoms with van der Waals surface area (Å²) in [5.74, 6) is 3.51. The Hall–Kier alpha value is -2.11. The molecule has 2 N–H and O–H groups in total. The fraction of sp³-hybridized carbons (Fsp3) is 0.533. The van der Waals surface area contributed by atoms with Gasteiger partial charge >= 0.3 is 0 Å². The highest BCUT2D eigenvalue weighted by atomic mass is 16.4. The van der Waals surface area contributed by atoms with Gasteiger partial charge in [-0.1, -0.05) is 20.8 Å². The van der Waals surface area contributed by atoms with Gasteiger partial charge in [0.05, 0.1) is 12.7 Å². The molecule has 0 aliphatic heterocycles. The molecular weight excluding hydrogens is 266 g/mol. The van der Waals surface area contributed by atoms with Gasteiger partial charge in [0.15, 0.2) is 0 Å². The number of hydrogen-bond acceptors (Lipinski definition) is 6. The molecule has 2 heterocycles. The molecule has 0 bridgehead atoms. The third kappa shape index (κ3) is 3.93. The van der Waals surface area contributed by atoms with Crippen molar-refractivity contribution in [1.82, 2.24) is 15.0 Å². The smallest absolute Gasteiger partial charge is 0.213 e. The van der Waals surface area contributed by atoms with Crippen LogP contribution >= 0.6 is 0 Å². The molecular formula is C15H23N5O. The normalized spacial score (nSPS) is 10.9. The van der Waals surface area contributed by atoms with Crippen molar-refractivity contribution < 1.29 is 4.42 Å². The van der Waals surface area contributed by atoms with Crippen LogP contribution < -0.4 is 10.6 Å². The minimum Gasteiger partial charge on any atom is -0.444 e. The van der Waals surface area contributed by atoms with Crippen molar-refractivity contribution in [2.45, 2.75) is 46.6 Å². The second kappa shape index (κ2) is 7.06. The second-order valence-corrected chi connectivity index (χ2v) is 5.28. The zero-order chi connectivity index (χ0) is 15.2. The van der Waals surface area contributed by atoms with E-state index in [9.17, 15) is 0 Å². The van der Waals surface area contributed by atoms with Crippen molar-refractivity contribution >= 4 is 11.6 Å². The molecule has 0 saturated carbocycles.